The van der Waals surface area contributed by atoms with Crippen LogP contribution in [0.2, 0.25) is 0 Å². The SMILES string of the molecule is CCc1ccc(NC(=S)Nc2ccc(CN3CCCCC3)cc2)cc1. The molecule has 0 aromatic heterocycles. The Hall–Kier alpha value is -1.91. The normalized spacial score (nSPS) is 14.9. The lowest BCUT2D eigenvalue weighted by Crippen LogP contribution is -2.29. The summed E-state index contributed by atoms with van der Waals surface area (Å²) in [5.41, 5.74) is 4.72. The summed E-state index contributed by atoms with van der Waals surface area (Å²) >= 11 is 5.41. The highest BCUT2D eigenvalue weighted by molar-refractivity contribution is 7.80. The molecule has 2 N–H and O–H groups in total. The predicted octanol–water partition coefficient (Wildman–Crippen LogP) is 5.04. The Morgan fingerprint density at radius 1 is 0.840 bits per heavy atom. The van der Waals surface area contributed by atoms with E-state index in [-0.39, 0.29) is 0 Å². The molecule has 1 aliphatic rings. The second-order valence-corrected chi connectivity index (χ2v) is 7.07. The summed E-state index contributed by atoms with van der Waals surface area (Å²) < 4.78 is 0. The third-order valence-electron chi connectivity index (χ3n) is 4.69. The summed E-state index contributed by atoms with van der Waals surface area (Å²) in [5, 5.41) is 7.11. The van der Waals surface area contributed by atoms with Crippen molar-refractivity contribution in [3.8, 4) is 0 Å². The van der Waals surface area contributed by atoms with Crippen LogP contribution in [0.4, 0.5) is 11.4 Å². The molecule has 4 heteroatoms. The maximum Gasteiger partial charge on any atom is 0.175 e. The largest absolute Gasteiger partial charge is 0.332 e. The second kappa shape index (κ2) is 8.97. The van der Waals surface area contributed by atoms with Crippen molar-refractivity contribution in [2.24, 2.45) is 0 Å². The molecule has 132 valence electrons. The number of piperidine rings is 1. The number of hydrogen-bond donors (Lipinski definition) is 2. The molecular formula is C21H27N3S. The number of hydrogen-bond acceptors (Lipinski definition) is 2. The lowest BCUT2D eigenvalue weighted by molar-refractivity contribution is 0.221. The summed E-state index contributed by atoms with van der Waals surface area (Å²) in [7, 11) is 0. The van der Waals surface area contributed by atoms with Gasteiger partial charge in [0.15, 0.2) is 5.11 Å². The van der Waals surface area contributed by atoms with E-state index in [1.54, 1.807) is 0 Å². The van der Waals surface area contributed by atoms with Crippen molar-refractivity contribution >= 4 is 28.7 Å². The highest BCUT2D eigenvalue weighted by atomic mass is 32.1. The molecule has 0 radical (unpaired) electrons. The molecule has 1 heterocycles. The summed E-state index contributed by atoms with van der Waals surface area (Å²) in [6.45, 7) is 5.66. The van der Waals surface area contributed by atoms with Crippen LogP contribution in [0.25, 0.3) is 0 Å². The van der Waals surface area contributed by atoms with Crippen LogP contribution in [0.15, 0.2) is 48.5 Å². The van der Waals surface area contributed by atoms with Gasteiger partial charge in [0.05, 0.1) is 0 Å². The van der Waals surface area contributed by atoms with Gasteiger partial charge < -0.3 is 10.6 Å². The first-order chi connectivity index (χ1) is 12.2. The van der Waals surface area contributed by atoms with Crippen molar-refractivity contribution in [2.45, 2.75) is 39.2 Å². The number of nitrogens with one attached hydrogen (secondary N) is 2. The standard InChI is InChI=1S/C21H27N3S/c1-2-17-6-10-19(11-7-17)22-21(25)23-20-12-8-18(9-13-20)16-24-14-4-3-5-15-24/h6-13H,2-5,14-16H2,1H3,(H2,22,23,25). The zero-order chi connectivity index (χ0) is 17.5. The van der Waals surface area contributed by atoms with Gasteiger partial charge in [-0.3, -0.25) is 4.90 Å². The van der Waals surface area contributed by atoms with Gasteiger partial charge in [-0.15, -0.1) is 0 Å². The molecule has 3 nitrogen and oxygen atoms in total. The molecule has 25 heavy (non-hydrogen) atoms. The average molecular weight is 354 g/mol. The van der Waals surface area contributed by atoms with E-state index in [0.717, 1.165) is 24.3 Å². The number of thiocarbonyl (C=S) groups is 1. The highest BCUT2D eigenvalue weighted by Gasteiger charge is 2.10. The Bertz CT molecular complexity index is 673. The molecule has 0 atom stereocenters. The van der Waals surface area contributed by atoms with Crippen LogP contribution in [0, 0.1) is 0 Å². The van der Waals surface area contributed by atoms with Gasteiger partial charge in [0.2, 0.25) is 0 Å². The van der Waals surface area contributed by atoms with Crippen LogP contribution in [-0.4, -0.2) is 23.1 Å². The van der Waals surface area contributed by atoms with Gasteiger partial charge in [-0.2, -0.15) is 0 Å². The number of anilines is 2. The fourth-order valence-electron chi connectivity index (χ4n) is 3.19. The lowest BCUT2D eigenvalue weighted by Gasteiger charge is -2.26. The van der Waals surface area contributed by atoms with Gasteiger partial charge in [0.1, 0.15) is 0 Å². The fraction of sp³-hybridized carbons (Fsp3) is 0.381. The predicted molar refractivity (Wildman–Crippen MR) is 111 cm³/mol. The second-order valence-electron chi connectivity index (χ2n) is 6.66. The van der Waals surface area contributed by atoms with Crippen molar-refractivity contribution in [1.82, 2.24) is 4.90 Å². The quantitative estimate of drug-likeness (QED) is 0.736. The highest BCUT2D eigenvalue weighted by Crippen LogP contribution is 2.16. The first-order valence-electron chi connectivity index (χ1n) is 9.21. The van der Waals surface area contributed by atoms with Crippen LogP contribution in [0.3, 0.4) is 0 Å². The first-order valence-corrected chi connectivity index (χ1v) is 9.62. The third kappa shape index (κ3) is 5.55. The van der Waals surface area contributed by atoms with E-state index in [1.807, 2.05) is 0 Å². The van der Waals surface area contributed by atoms with Gasteiger partial charge in [-0.1, -0.05) is 37.6 Å². The van der Waals surface area contributed by atoms with Crippen molar-refractivity contribution < 1.29 is 0 Å². The lowest BCUT2D eigenvalue weighted by atomic mass is 10.1. The van der Waals surface area contributed by atoms with Crippen molar-refractivity contribution in [3.05, 3.63) is 59.7 Å². The Morgan fingerprint density at radius 3 is 1.88 bits per heavy atom. The number of rotatable bonds is 5. The van der Waals surface area contributed by atoms with Gasteiger partial charge in [-0.05, 0) is 80.0 Å². The molecule has 0 spiro atoms. The van der Waals surface area contributed by atoms with E-state index in [2.05, 4.69) is 71.0 Å². The van der Waals surface area contributed by atoms with E-state index in [0.29, 0.717) is 5.11 Å². The molecule has 0 unspecified atom stereocenters. The van der Waals surface area contributed by atoms with Crippen LogP contribution in [0.1, 0.15) is 37.3 Å². The average Bonchev–Trinajstić information content (AvgIpc) is 2.65. The molecule has 3 rings (SSSR count). The van der Waals surface area contributed by atoms with E-state index >= 15 is 0 Å². The Kier molecular flexibility index (Phi) is 6.42. The molecule has 2 aromatic rings. The minimum atomic E-state index is 0.619. The van der Waals surface area contributed by atoms with Crippen LogP contribution in [0.5, 0.6) is 0 Å². The monoisotopic (exact) mass is 353 g/mol. The minimum absolute atomic E-state index is 0.619. The van der Waals surface area contributed by atoms with E-state index in [4.69, 9.17) is 12.2 Å². The zero-order valence-electron chi connectivity index (χ0n) is 14.9. The smallest absolute Gasteiger partial charge is 0.175 e. The Morgan fingerprint density at radius 2 is 1.36 bits per heavy atom. The molecule has 1 fully saturated rings. The van der Waals surface area contributed by atoms with Crippen LogP contribution < -0.4 is 10.6 Å². The number of aryl methyl sites for hydroxylation is 1. The molecule has 0 bridgehead atoms. The molecular weight excluding hydrogens is 326 g/mol. The van der Waals surface area contributed by atoms with Gasteiger partial charge in [0, 0.05) is 17.9 Å². The third-order valence-corrected chi connectivity index (χ3v) is 4.89. The zero-order valence-corrected chi connectivity index (χ0v) is 15.7. The molecule has 0 saturated carbocycles. The number of nitrogens with zero attached hydrogens (tertiary/aromatic N) is 1. The topological polar surface area (TPSA) is 27.3 Å². The molecule has 1 aliphatic heterocycles. The first kappa shape index (κ1) is 17.9. The van der Waals surface area contributed by atoms with Crippen LogP contribution >= 0.6 is 12.2 Å². The Balaban J connectivity index is 1.50. The maximum absolute atomic E-state index is 5.41. The summed E-state index contributed by atoms with van der Waals surface area (Å²) in [4.78, 5) is 2.54. The molecule has 2 aromatic carbocycles. The number of benzene rings is 2. The summed E-state index contributed by atoms with van der Waals surface area (Å²) in [6.07, 6.45) is 5.09. The van der Waals surface area contributed by atoms with Crippen molar-refractivity contribution in [3.63, 3.8) is 0 Å². The molecule has 0 aliphatic carbocycles. The summed E-state index contributed by atoms with van der Waals surface area (Å²) in [5.74, 6) is 0. The number of likely N-dealkylation sites (tertiary alicyclic amines) is 1. The van der Waals surface area contributed by atoms with Gasteiger partial charge in [0.25, 0.3) is 0 Å². The van der Waals surface area contributed by atoms with Crippen LogP contribution in [-0.2, 0) is 13.0 Å². The fourth-order valence-corrected chi connectivity index (χ4v) is 3.42. The molecule has 0 amide bonds. The maximum atomic E-state index is 5.41. The summed E-state index contributed by atoms with van der Waals surface area (Å²) in [6, 6.07) is 17.0. The van der Waals surface area contributed by atoms with E-state index < -0.39 is 0 Å². The minimum Gasteiger partial charge on any atom is -0.332 e. The van der Waals surface area contributed by atoms with Crippen molar-refractivity contribution in [2.75, 3.05) is 23.7 Å². The van der Waals surface area contributed by atoms with Gasteiger partial charge in [-0.25, -0.2) is 0 Å². The molecule has 1 saturated heterocycles. The van der Waals surface area contributed by atoms with Gasteiger partial charge >= 0.3 is 0 Å². The van der Waals surface area contributed by atoms with Crippen molar-refractivity contribution in [1.29, 1.82) is 0 Å². The van der Waals surface area contributed by atoms with E-state index in [1.165, 1.54) is 43.5 Å². The van der Waals surface area contributed by atoms with E-state index in [9.17, 15) is 0 Å². The Labute approximate surface area is 156 Å².